The molecule has 3 aliphatic rings. The molecule has 5 heteroatoms. The first kappa shape index (κ1) is 25.8. The summed E-state index contributed by atoms with van der Waals surface area (Å²) < 4.78 is 2.31. The SMILES string of the molecule is N#CC1=CC(n2c3ccccc3c3cccc(-c4ccc5c(c4)N(c4ccccc4C#N)C4CCC(C#N)=CC54)c32)=CCC1. The van der Waals surface area contributed by atoms with Crippen molar-refractivity contribution in [1.29, 1.82) is 15.8 Å². The molecule has 2 unspecified atom stereocenters. The van der Waals surface area contributed by atoms with Gasteiger partial charge in [0.25, 0.3) is 0 Å². The fourth-order valence-corrected chi connectivity index (χ4v) is 7.49. The second kappa shape index (κ2) is 10.2. The van der Waals surface area contributed by atoms with Gasteiger partial charge in [0.15, 0.2) is 0 Å². The molecule has 2 heterocycles. The van der Waals surface area contributed by atoms with Crippen LogP contribution in [0.5, 0.6) is 0 Å². The number of nitriles is 3. The van der Waals surface area contributed by atoms with E-state index < -0.39 is 0 Å². The fourth-order valence-electron chi connectivity index (χ4n) is 7.49. The van der Waals surface area contributed by atoms with Crippen molar-refractivity contribution in [3.8, 4) is 29.3 Å². The van der Waals surface area contributed by atoms with Gasteiger partial charge in [0.1, 0.15) is 6.07 Å². The maximum absolute atomic E-state index is 10.0. The number of fused-ring (bicyclic) bond motifs is 6. The first-order chi connectivity index (χ1) is 21.7. The normalized spacial score (nSPS) is 18.8. The molecule has 1 aromatic heterocycles. The molecule has 0 radical (unpaired) electrons. The van der Waals surface area contributed by atoms with E-state index in [9.17, 15) is 15.8 Å². The predicted octanol–water partition coefficient (Wildman–Crippen LogP) is 9.27. The van der Waals surface area contributed by atoms with Crippen LogP contribution in [-0.2, 0) is 0 Å². The van der Waals surface area contributed by atoms with Crippen molar-refractivity contribution in [2.24, 2.45) is 0 Å². The lowest BCUT2D eigenvalue weighted by atomic mass is 9.84. The van der Waals surface area contributed by atoms with Gasteiger partial charge in [-0.2, -0.15) is 15.8 Å². The summed E-state index contributed by atoms with van der Waals surface area (Å²) in [6.45, 7) is 0. The summed E-state index contributed by atoms with van der Waals surface area (Å²) in [6, 6.07) is 36.8. The minimum Gasteiger partial charge on any atom is -0.336 e. The Bertz CT molecular complexity index is 2240. The van der Waals surface area contributed by atoms with Crippen molar-refractivity contribution < 1.29 is 0 Å². The van der Waals surface area contributed by atoms with Crippen LogP contribution >= 0.6 is 0 Å². The summed E-state index contributed by atoms with van der Waals surface area (Å²) in [6.07, 6.45) is 9.57. The van der Waals surface area contributed by atoms with Crippen molar-refractivity contribution in [1.82, 2.24) is 4.57 Å². The molecule has 0 saturated carbocycles. The van der Waals surface area contributed by atoms with E-state index in [0.717, 1.165) is 76.1 Å². The average Bonchev–Trinajstić information content (AvgIpc) is 3.60. The van der Waals surface area contributed by atoms with Gasteiger partial charge in [0, 0.05) is 50.8 Å². The van der Waals surface area contributed by atoms with Crippen LogP contribution in [0.4, 0.5) is 11.4 Å². The van der Waals surface area contributed by atoms with E-state index in [-0.39, 0.29) is 12.0 Å². The van der Waals surface area contributed by atoms with Crippen LogP contribution in [0.1, 0.15) is 42.7 Å². The standard InChI is InChI=1S/C39H27N5/c40-22-25-7-5-9-29(19-25)43-36-14-4-2-10-31(36)33-12-6-11-30(39(33)43)27-16-17-32-34-20-26(23-41)15-18-37(34)44(38(32)21-27)35-13-3-1-8-28(35)24-42/h1-4,6,8-14,16-17,19-21,34,37H,5,7,15,18H2. The maximum atomic E-state index is 10.0. The number of hydrogen-bond acceptors (Lipinski definition) is 4. The lowest BCUT2D eigenvalue weighted by molar-refractivity contribution is 0.557. The topological polar surface area (TPSA) is 79.5 Å². The van der Waals surface area contributed by atoms with Crippen LogP contribution in [-0.4, -0.2) is 10.6 Å². The van der Waals surface area contributed by atoms with E-state index in [4.69, 9.17) is 0 Å². The molecule has 0 spiro atoms. The summed E-state index contributed by atoms with van der Waals surface area (Å²) >= 11 is 0. The number of anilines is 2. The molecule has 0 bridgehead atoms. The maximum Gasteiger partial charge on any atom is 0.101 e. The third kappa shape index (κ3) is 3.82. The van der Waals surface area contributed by atoms with Gasteiger partial charge in [0.2, 0.25) is 0 Å². The Morgan fingerprint density at radius 2 is 1.55 bits per heavy atom. The molecule has 2 atom stereocenters. The van der Waals surface area contributed by atoms with Crippen LogP contribution in [0.3, 0.4) is 0 Å². The van der Waals surface area contributed by atoms with Gasteiger partial charge >= 0.3 is 0 Å². The molecule has 4 aromatic carbocycles. The highest BCUT2D eigenvalue weighted by Gasteiger charge is 2.41. The molecule has 5 nitrogen and oxygen atoms in total. The zero-order valence-electron chi connectivity index (χ0n) is 24.0. The van der Waals surface area contributed by atoms with Crippen LogP contribution in [0.15, 0.2) is 114 Å². The molecule has 0 amide bonds. The van der Waals surface area contributed by atoms with Gasteiger partial charge in [-0.05, 0) is 67.2 Å². The van der Waals surface area contributed by atoms with Crippen LogP contribution in [0.25, 0.3) is 38.6 Å². The van der Waals surface area contributed by atoms with E-state index in [1.807, 2.05) is 30.3 Å². The molecule has 0 saturated heterocycles. The van der Waals surface area contributed by atoms with Gasteiger partial charge < -0.3 is 9.47 Å². The summed E-state index contributed by atoms with van der Waals surface area (Å²) in [5.74, 6) is 0.0818. The van der Waals surface area contributed by atoms with Gasteiger partial charge in [-0.1, -0.05) is 72.8 Å². The van der Waals surface area contributed by atoms with Crippen LogP contribution in [0, 0.1) is 34.0 Å². The highest BCUT2D eigenvalue weighted by atomic mass is 15.2. The van der Waals surface area contributed by atoms with Crippen molar-refractivity contribution in [3.05, 3.63) is 125 Å². The Hall–Kier alpha value is -5.83. The Labute approximate surface area is 256 Å². The van der Waals surface area contributed by atoms with Crippen molar-refractivity contribution in [2.75, 3.05) is 4.90 Å². The van der Waals surface area contributed by atoms with E-state index in [2.05, 4.69) is 100 Å². The highest BCUT2D eigenvalue weighted by molar-refractivity contribution is 6.15. The van der Waals surface area contributed by atoms with Gasteiger partial charge in [-0.25, -0.2) is 0 Å². The Morgan fingerprint density at radius 3 is 2.41 bits per heavy atom. The zero-order valence-corrected chi connectivity index (χ0v) is 24.0. The molecule has 44 heavy (non-hydrogen) atoms. The summed E-state index contributed by atoms with van der Waals surface area (Å²) in [7, 11) is 0. The van der Waals surface area contributed by atoms with Crippen molar-refractivity contribution >= 4 is 38.9 Å². The van der Waals surface area contributed by atoms with E-state index in [1.165, 1.54) is 16.3 Å². The first-order valence-corrected chi connectivity index (χ1v) is 15.1. The number of nitrogens with zero attached hydrogens (tertiary/aromatic N) is 5. The lowest BCUT2D eigenvalue weighted by Crippen LogP contribution is -2.32. The Morgan fingerprint density at radius 1 is 0.727 bits per heavy atom. The van der Waals surface area contributed by atoms with E-state index >= 15 is 0 Å². The molecule has 0 fully saturated rings. The minimum absolute atomic E-state index is 0.0818. The lowest BCUT2D eigenvalue weighted by Gasteiger charge is -2.32. The van der Waals surface area contributed by atoms with E-state index in [0.29, 0.717) is 5.56 Å². The first-order valence-electron chi connectivity index (χ1n) is 15.1. The second-order valence-corrected chi connectivity index (χ2v) is 11.7. The van der Waals surface area contributed by atoms with Gasteiger partial charge in [-0.15, -0.1) is 0 Å². The minimum atomic E-state index is 0.0818. The van der Waals surface area contributed by atoms with E-state index in [1.54, 1.807) is 0 Å². The molecule has 5 aromatic rings. The molecule has 2 aliphatic carbocycles. The smallest absolute Gasteiger partial charge is 0.101 e. The number of allylic oxidation sites excluding steroid dienone is 5. The highest BCUT2D eigenvalue weighted by Crippen LogP contribution is 2.52. The zero-order chi connectivity index (χ0) is 29.8. The molecule has 8 rings (SSSR count). The van der Waals surface area contributed by atoms with Crippen LogP contribution < -0.4 is 4.90 Å². The fraction of sp³-hybridized carbons (Fsp3) is 0.154. The third-order valence-corrected chi connectivity index (χ3v) is 9.41. The Balaban J connectivity index is 1.38. The van der Waals surface area contributed by atoms with Gasteiger partial charge in [0.05, 0.1) is 34.4 Å². The molecular weight excluding hydrogens is 538 g/mol. The number of rotatable bonds is 3. The van der Waals surface area contributed by atoms with Gasteiger partial charge in [-0.3, -0.25) is 0 Å². The van der Waals surface area contributed by atoms with Crippen molar-refractivity contribution in [3.63, 3.8) is 0 Å². The number of benzene rings is 4. The summed E-state index contributed by atoms with van der Waals surface area (Å²) in [5.41, 5.74) is 10.9. The average molecular weight is 566 g/mol. The largest absolute Gasteiger partial charge is 0.336 e. The van der Waals surface area contributed by atoms with Crippen LogP contribution in [0.2, 0.25) is 0 Å². The number of aromatic nitrogens is 1. The predicted molar refractivity (Wildman–Crippen MR) is 175 cm³/mol. The Kier molecular flexibility index (Phi) is 5.97. The molecule has 208 valence electrons. The second-order valence-electron chi connectivity index (χ2n) is 11.7. The summed E-state index contributed by atoms with van der Waals surface area (Å²) in [4.78, 5) is 2.34. The number of para-hydroxylation sites is 3. The molecule has 0 N–H and O–H groups in total. The van der Waals surface area contributed by atoms with Crippen molar-refractivity contribution in [2.45, 2.75) is 37.6 Å². The molecule has 1 aliphatic heterocycles. The summed E-state index contributed by atoms with van der Waals surface area (Å²) in [5, 5.41) is 31.9. The molecular formula is C39H27N5. The monoisotopic (exact) mass is 565 g/mol. The quantitative estimate of drug-likeness (QED) is 0.218. The number of hydrogen-bond donors (Lipinski definition) is 0. The third-order valence-electron chi connectivity index (χ3n) is 9.41.